The summed E-state index contributed by atoms with van der Waals surface area (Å²) < 4.78 is 14.0. The number of benzene rings is 1. The quantitative estimate of drug-likeness (QED) is 0.592. The minimum Gasteiger partial charge on any atom is -0.359 e. The SMILES string of the molecule is C=C(C)CNC(=S)Nc1cc2c(cc1F)CCC(=O)N2. The van der Waals surface area contributed by atoms with Gasteiger partial charge in [-0.2, -0.15) is 0 Å². The number of anilines is 2. The summed E-state index contributed by atoms with van der Waals surface area (Å²) in [6.45, 7) is 6.13. The average molecular weight is 293 g/mol. The summed E-state index contributed by atoms with van der Waals surface area (Å²) in [6, 6.07) is 2.99. The van der Waals surface area contributed by atoms with Gasteiger partial charge in [0, 0.05) is 18.7 Å². The number of amides is 1. The van der Waals surface area contributed by atoms with E-state index in [4.69, 9.17) is 12.2 Å². The van der Waals surface area contributed by atoms with Crippen molar-refractivity contribution in [3.8, 4) is 0 Å². The second-order valence-corrected chi connectivity index (χ2v) is 5.21. The van der Waals surface area contributed by atoms with Crippen molar-refractivity contribution in [2.24, 2.45) is 0 Å². The number of carbonyl (C=O) groups excluding carboxylic acids is 1. The lowest BCUT2D eigenvalue weighted by Gasteiger charge is -2.19. The smallest absolute Gasteiger partial charge is 0.224 e. The fourth-order valence-corrected chi connectivity index (χ4v) is 2.07. The molecule has 6 heteroatoms. The maximum atomic E-state index is 14.0. The molecule has 0 spiro atoms. The Morgan fingerprint density at radius 3 is 2.95 bits per heavy atom. The molecule has 0 unspecified atom stereocenters. The van der Waals surface area contributed by atoms with E-state index < -0.39 is 0 Å². The van der Waals surface area contributed by atoms with Crippen LogP contribution in [0.1, 0.15) is 18.9 Å². The second kappa shape index (κ2) is 6.00. The molecule has 1 aliphatic heterocycles. The zero-order valence-corrected chi connectivity index (χ0v) is 12.0. The highest BCUT2D eigenvalue weighted by Gasteiger charge is 2.17. The summed E-state index contributed by atoms with van der Waals surface area (Å²) >= 11 is 5.07. The van der Waals surface area contributed by atoms with E-state index in [0.29, 0.717) is 30.2 Å². The van der Waals surface area contributed by atoms with E-state index in [9.17, 15) is 9.18 Å². The normalized spacial score (nSPS) is 13.2. The van der Waals surface area contributed by atoms with Gasteiger partial charge in [0.1, 0.15) is 5.82 Å². The third-order valence-electron chi connectivity index (χ3n) is 2.89. The van der Waals surface area contributed by atoms with E-state index >= 15 is 0 Å². The minimum absolute atomic E-state index is 0.0574. The lowest BCUT2D eigenvalue weighted by atomic mass is 10.0. The number of rotatable bonds is 3. The van der Waals surface area contributed by atoms with E-state index in [0.717, 1.165) is 11.1 Å². The Hall–Kier alpha value is -1.95. The van der Waals surface area contributed by atoms with Crippen molar-refractivity contribution < 1.29 is 9.18 Å². The average Bonchev–Trinajstić information content (AvgIpc) is 2.38. The zero-order valence-electron chi connectivity index (χ0n) is 11.2. The highest BCUT2D eigenvalue weighted by Crippen LogP contribution is 2.28. The van der Waals surface area contributed by atoms with Crippen molar-refractivity contribution in [1.82, 2.24) is 5.32 Å². The van der Waals surface area contributed by atoms with Gasteiger partial charge < -0.3 is 16.0 Å². The molecule has 1 aliphatic rings. The van der Waals surface area contributed by atoms with Gasteiger partial charge in [0.25, 0.3) is 0 Å². The van der Waals surface area contributed by atoms with E-state index in [2.05, 4.69) is 22.5 Å². The van der Waals surface area contributed by atoms with Crippen LogP contribution < -0.4 is 16.0 Å². The Kier molecular flexibility index (Phi) is 4.34. The van der Waals surface area contributed by atoms with E-state index in [1.54, 1.807) is 6.07 Å². The Labute approximate surface area is 122 Å². The largest absolute Gasteiger partial charge is 0.359 e. The molecule has 0 radical (unpaired) electrons. The Morgan fingerprint density at radius 1 is 1.50 bits per heavy atom. The molecule has 3 N–H and O–H groups in total. The predicted octanol–water partition coefficient (Wildman–Crippen LogP) is 2.57. The molecular weight excluding hydrogens is 277 g/mol. The number of fused-ring (bicyclic) bond motifs is 1. The summed E-state index contributed by atoms with van der Waals surface area (Å²) in [5.41, 5.74) is 2.60. The lowest BCUT2D eigenvalue weighted by Crippen LogP contribution is -2.30. The molecule has 106 valence electrons. The highest BCUT2D eigenvalue weighted by molar-refractivity contribution is 7.80. The zero-order chi connectivity index (χ0) is 14.7. The van der Waals surface area contributed by atoms with Gasteiger partial charge in [0.15, 0.2) is 5.11 Å². The van der Waals surface area contributed by atoms with Gasteiger partial charge in [-0.25, -0.2) is 4.39 Å². The molecule has 0 aliphatic carbocycles. The maximum absolute atomic E-state index is 14.0. The van der Waals surface area contributed by atoms with Gasteiger partial charge in [0.2, 0.25) is 5.91 Å². The van der Waals surface area contributed by atoms with Crippen molar-refractivity contribution in [2.45, 2.75) is 19.8 Å². The van der Waals surface area contributed by atoms with Gasteiger partial charge in [-0.1, -0.05) is 12.2 Å². The standard InChI is InChI=1S/C14H16FN3OS/c1-8(2)7-16-14(20)18-12-6-11-9(5-10(12)15)3-4-13(19)17-11/h5-6H,1,3-4,7H2,2H3,(H,17,19)(H2,16,18,20). The summed E-state index contributed by atoms with van der Waals surface area (Å²) in [7, 11) is 0. The first-order valence-corrected chi connectivity index (χ1v) is 6.68. The molecule has 0 aromatic heterocycles. The number of hydrogen-bond acceptors (Lipinski definition) is 2. The predicted molar refractivity (Wildman–Crippen MR) is 82.4 cm³/mol. The van der Waals surface area contributed by atoms with Crippen LogP contribution >= 0.6 is 12.2 Å². The molecule has 1 aromatic carbocycles. The van der Waals surface area contributed by atoms with E-state index in [1.807, 2.05) is 6.92 Å². The first kappa shape index (κ1) is 14.5. The number of hydrogen-bond donors (Lipinski definition) is 3. The van der Waals surface area contributed by atoms with Crippen LogP contribution in [0.5, 0.6) is 0 Å². The van der Waals surface area contributed by atoms with Crippen LogP contribution in [-0.2, 0) is 11.2 Å². The minimum atomic E-state index is -0.389. The van der Waals surface area contributed by atoms with Gasteiger partial charge >= 0.3 is 0 Å². The van der Waals surface area contributed by atoms with Gasteiger partial charge in [-0.3, -0.25) is 4.79 Å². The third kappa shape index (κ3) is 3.54. The van der Waals surface area contributed by atoms with Crippen molar-refractivity contribution in [2.75, 3.05) is 17.2 Å². The monoisotopic (exact) mass is 293 g/mol. The Bertz CT molecular complexity index is 586. The van der Waals surface area contributed by atoms with Crippen molar-refractivity contribution in [3.05, 3.63) is 35.7 Å². The first-order chi connectivity index (χ1) is 9.45. The fraction of sp³-hybridized carbons (Fsp3) is 0.286. The van der Waals surface area contributed by atoms with Crippen LogP contribution in [0.3, 0.4) is 0 Å². The summed E-state index contributed by atoms with van der Waals surface area (Å²) in [5, 5.41) is 8.74. The molecule has 1 aromatic rings. The van der Waals surface area contributed by atoms with Gasteiger partial charge in [-0.15, -0.1) is 0 Å². The number of aryl methyl sites for hydroxylation is 1. The maximum Gasteiger partial charge on any atom is 0.224 e. The van der Waals surface area contributed by atoms with Crippen molar-refractivity contribution >= 4 is 34.6 Å². The molecule has 0 atom stereocenters. The summed E-state index contributed by atoms with van der Waals surface area (Å²) in [6.07, 6.45) is 0.939. The topological polar surface area (TPSA) is 53.2 Å². The second-order valence-electron chi connectivity index (χ2n) is 4.80. The molecule has 0 fully saturated rings. The Balaban J connectivity index is 2.12. The molecule has 20 heavy (non-hydrogen) atoms. The van der Waals surface area contributed by atoms with Crippen LogP contribution in [0.2, 0.25) is 0 Å². The number of thiocarbonyl (C=S) groups is 1. The van der Waals surface area contributed by atoms with E-state index in [1.165, 1.54) is 6.07 Å². The number of halogens is 1. The first-order valence-electron chi connectivity index (χ1n) is 6.27. The van der Waals surface area contributed by atoms with Crippen LogP contribution in [0, 0.1) is 5.82 Å². The van der Waals surface area contributed by atoms with Gasteiger partial charge in [-0.05, 0) is 43.3 Å². The van der Waals surface area contributed by atoms with Crippen molar-refractivity contribution in [3.63, 3.8) is 0 Å². The molecule has 1 amide bonds. The fourth-order valence-electron chi connectivity index (χ4n) is 1.89. The molecule has 0 saturated carbocycles. The van der Waals surface area contributed by atoms with Crippen LogP contribution in [0.15, 0.2) is 24.3 Å². The molecule has 0 bridgehead atoms. The van der Waals surface area contributed by atoms with Crippen LogP contribution in [0.25, 0.3) is 0 Å². The van der Waals surface area contributed by atoms with Crippen molar-refractivity contribution in [1.29, 1.82) is 0 Å². The van der Waals surface area contributed by atoms with E-state index in [-0.39, 0.29) is 17.4 Å². The van der Waals surface area contributed by atoms with Gasteiger partial charge in [0.05, 0.1) is 5.69 Å². The molecule has 0 saturated heterocycles. The lowest BCUT2D eigenvalue weighted by molar-refractivity contribution is -0.116. The molecule has 4 nitrogen and oxygen atoms in total. The summed E-state index contributed by atoms with van der Waals surface area (Å²) in [4.78, 5) is 11.3. The molecular formula is C14H16FN3OS. The third-order valence-corrected chi connectivity index (χ3v) is 3.13. The number of nitrogens with one attached hydrogen (secondary N) is 3. The molecule has 2 rings (SSSR count). The number of carbonyl (C=O) groups is 1. The van der Waals surface area contributed by atoms with Crippen LogP contribution in [-0.4, -0.2) is 17.6 Å². The summed E-state index contributed by atoms with van der Waals surface area (Å²) in [5.74, 6) is -0.447. The van der Waals surface area contributed by atoms with Crippen LogP contribution in [0.4, 0.5) is 15.8 Å². The highest BCUT2D eigenvalue weighted by atomic mass is 32.1. The Morgan fingerprint density at radius 2 is 2.25 bits per heavy atom. The molecule has 1 heterocycles.